The first-order valence-corrected chi connectivity index (χ1v) is 16.6. The van der Waals surface area contributed by atoms with Gasteiger partial charge in [-0.25, -0.2) is 4.98 Å². The van der Waals surface area contributed by atoms with Gasteiger partial charge < -0.3 is 23.7 Å². The highest BCUT2D eigenvalue weighted by molar-refractivity contribution is 6.23. The second-order valence-corrected chi connectivity index (χ2v) is 11.9. The number of hydrogen-bond acceptors (Lipinski definition) is 11. The summed E-state index contributed by atoms with van der Waals surface area (Å²) in [5.41, 5.74) is 1.36. The third kappa shape index (κ3) is 7.57. The fourth-order valence-corrected chi connectivity index (χ4v) is 6.02. The highest BCUT2D eigenvalue weighted by Crippen LogP contribution is 2.30. The van der Waals surface area contributed by atoms with E-state index in [1.54, 1.807) is 12.3 Å². The van der Waals surface area contributed by atoms with Gasteiger partial charge in [0.25, 0.3) is 11.8 Å². The Balaban J connectivity index is 0.740. The quantitative estimate of drug-likeness (QED) is 0.119. The van der Waals surface area contributed by atoms with Crippen molar-refractivity contribution in [3.63, 3.8) is 0 Å². The van der Waals surface area contributed by atoms with Crippen LogP contribution in [0.1, 0.15) is 33.6 Å². The van der Waals surface area contributed by atoms with Gasteiger partial charge >= 0.3 is 0 Å². The summed E-state index contributed by atoms with van der Waals surface area (Å²) in [4.78, 5) is 59.2. The number of ether oxygens (including phenoxy) is 5. The minimum Gasteiger partial charge on any atom is -0.491 e. The molecule has 0 radical (unpaired) electrons. The van der Waals surface area contributed by atoms with Crippen LogP contribution in [0.3, 0.4) is 0 Å². The predicted octanol–water partition coefficient (Wildman–Crippen LogP) is 3.48. The van der Waals surface area contributed by atoms with Crippen LogP contribution >= 0.6 is 0 Å². The summed E-state index contributed by atoms with van der Waals surface area (Å²) >= 11 is 0. The summed E-state index contributed by atoms with van der Waals surface area (Å²) in [6, 6.07) is 15.5. The zero-order valence-corrected chi connectivity index (χ0v) is 27.6. The van der Waals surface area contributed by atoms with Crippen molar-refractivity contribution in [2.75, 3.05) is 52.9 Å². The van der Waals surface area contributed by atoms with Gasteiger partial charge in [-0.15, -0.1) is 0 Å². The maximum atomic E-state index is 13.0. The second kappa shape index (κ2) is 15.5. The van der Waals surface area contributed by atoms with Crippen LogP contribution in [0.25, 0.3) is 27.5 Å². The Morgan fingerprint density at radius 1 is 0.686 bits per heavy atom. The Morgan fingerprint density at radius 2 is 1.37 bits per heavy atom. The molecule has 0 aliphatic carbocycles. The Morgan fingerprint density at radius 3 is 2.12 bits per heavy atom. The van der Waals surface area contributed by atoms with Gasteiger partial charge in [0.2, 0.25) is 11.8 Å². The zero-order valence-electron chi connectivity index (χ0n) is 27.6. The molecular weight excluding hydrogens is 658 g/mol. The first-order valence-electron chi connectivity index (χ1n) is 16.6. The van der Waals surface area contributed by atoms with Crippen LogP contribution < -0.4 is 14.8 Å². The molecule has 1 unspecified atom stereocenters. The first-order chi connectivity index (χ1) is 25.0. The molecule has 1 atom stereocenters. The molecule has 1 fully saturated rings. The minimum atomic E-state index is -1.01. The van der Waals surface area contributed by atoms with Crippen molar-refractivity contribution < 1.29 is 42.9 Å². The molecule has 1 saturated heterocycles. The number of aromatic nitrogens is 3. The van der Waals surface area contributed by atoms with Crippen molar-refractivity contribution in [1.29, 1.82) is 0 Å². The lowest BCUT2D eigenvalue weighted by Crippen LogP contribution is -2.54. The third-order valence-electron chi connectivity index (χ3n) is 8.57. The fourth-order valence-electron chi connectivity index (χ4n) is 6.02. The van der Waals surface area contributed by atoms with Gasteiger partial charge in [0.05, 0.1) is 62.5 Å². The number of carbonyl (C=O) groups excluding carboxylic acids is 4. The number of benzene rings is 2. The van der Waals surface area contributed by atoms with Gasteiger partial charge in [-0.1, -0.05) is 6.07 Å². The number of fused-ring (bicyclic) bond motifs is 3. The molecule has 3 aromatic heterocycles. The van der Waals surface area contributed by atoms with Crippen LogP contribution in [0.15, 0.2) is 79.4 Å². The predicted molar refractivity (Wildman–Crippen MR) is 183 cm³/mol. The fraction of sp³-hybridized carbons (Fsp3) is 0.297. The topological polar surface area (TPSA) is 160 Å². The van der Waals surface area contributed by atoms with E-state index in [1.165, 1.54) is 12.1 Å². The van der Waals surface area contributed by atoms with E-state index in [1.807, 2.05) is 59.6 Å². The summed E-state index contributed by atoms with van der Waals surface area (Å²) in [5, 5.41) is 5.32. The molecule has 4 amide bonds. The van der Waals surface area contributed by atoms with Crippen molar-refractivity contribution in [2.45, 2.75) is 18.9 Å². The smallest absolute Gasteiger partial charge is 0.262 e. The zero-order chi connectivity index (χ0) is 35.2. The SMILES string of the molecule is O=C1CCC(N2C(=O)c3ccc(OCCOCCOCCOCCOc4ccc5cc(-n6ccc7ccncc76)ncc5c4)cc3C2=O)C(=O)N1. The van der Waals surface area contributed by atoms with Crippen molar-refractivity contribution in [3.05, 3.63) is 90.5 Å². The summed E-state index contributed by atoms with van der Waals surface area (Å²) in [7, 11) is 0. The van der Waals surface area contributed by atoms with Gasteiger partial charge in [0, 0.05) is 35.8 Å². The van der Waals surface area contributed by atoms with Crippen LogP contribution in [0, 0.1) is 0 Å². The summed E-state index contributed by atoms with van der Waals surface area (Å²) < 4.78 is 30.3. The molecule has 14 heteroatoms. The largest absolute Gasteiger partial charge is 0.491 e. The molecular formula is C37H35N5O9. The molecule has 14 nitrogen and oxygen atoms in total. The molecule has 5 heterocycles. The maximum Gasteiger partial charge on any atom is 0.262 e. The number of nitrogens with one attached hydrogen (secondary N) is 1. The molecule has 1 N–H and O–H groups in total. The van der Waals surface area contributed by atoms with Gasteiger partial charge in [-0.05, 0) is 60.3 Å². The highest BCUT2D eigenvalue weighted by atomic mass is 16.6. The van der Waals surface area contributed by atoms with Crippen molar-refractivity contribution >= 4 is 45.3 Å². The normalized spacial score (nSPS) is 15.8. The van der Waals surface area contributed by atoms with Crippen LogP contribution in [-0.4, -0.2) is 102 Å². The van der Waals surface area contributed by atoms with E-state index in [-0.39, 0.29) is 37.2 Å². The van der Waals surface area contributed by atoms with E-state index in [9.17, 15) is 19.2 Å². The Bertz CT molecular complexity index is 2100. The molecule has 0 bridgehead atoms. The van der Waals surface area contributed by atoms with Crippen molar-refractivity contribution in [1.82, 2.24) is 24.8 Å². The first kappa shape index (κ1) is 33.8. The van der Waals surface area contributed by atoms with Gasteiger partial charge in [0.15, 0.2) is 0 Å². The molecule has 2 aliphatic heterocycles. The molecule has 0 saturated carbocycles. The highest BCUT2D eigenvalue weighted by Gasteiger charge is 2.44. The van der Waals surface area contributed by atoms with E-state index < -0.39 is 29.7 Å². The van der Waals surface area contributed by atoms with E-state index in [0.717, 1.165) is 38.1 Å². The number of pyridine rings is 2. The van der Waals surface area contributed by atoms with Crippen LogP contribution in [0.2, 0.25) is 0 Å². The van der Waals surface area contributed by atoms with Gasteiger partial charge in [-0.3, -0.25) is 38.9 Å². The molecule has 7 rings (SSSR count). The lowest BCUT2D eigenvalue weighted by atomic mass is 10.0. The van der Waals surface area contributed by atoms with E-state index in [2.05, 4.69) is 15.3 Å². The Hall–Kier alpha value is -5.70. The lowest BCUT2D eigenvalue weighted by molar-refractivity contribution is -0.136. The van der Waals surface area contributed by atoms with Crippen molar-refractivity contribution in [3.8, 4) is 17.3 Å². The number of hydrogen-bond donors (Lipinski definition) is 1. The Kier molecular flexibility index (Phi) is 10.2. The van der Waals surface area contributed by atoms with Crippen LogP contribution in [0.5, 0.6) is 11.5 Å². The maximum absolute atomic E-state index is 13.0. The molecule has 51 heavy (non-hydrogen) atoms. The number of rotatable bonds is 16. The molecule has 5 aromatic rings. The van der Waals surface area contributed by atoms with Gasteiger partial charge in [0.1, 0.15) is 36.6 Å². The average molecular weight is 694 g/mol. The number of carbonyl (C=O) groups is 4. The van der Waals surface area contributed by atoms with Crippen molar-refractivity contribution in [2.24, 2.45) is 0 Å². The van der Waals surface area contributed by atoms with E-state index in [0.29, 0.717) is 45.4 Å². The van der Waals surface area contributed by atoms with Gasteiger partial charge in [-0.2, -0.15) is 0 Å². The summed E-state index contributed by atoms with van der Waals surface area (Å²) in [6.45, 7) is 2.90. The van der Waals surface area contributed by atoms with Crippen LogP contribution in [-0.2, 0) is 23.8 Å². The lowest BCUT2D eigenvalue weighted by Gasteiger charge is -2.27. The van der Waals surface area contributed by atoms with Crippen LogP contribution in [0.4, 0.5) is 0 Å². The molecule has 2 aliphatic rings. The number of nitrogens with zero attached hydrogens (tertiary/aromatic N) is 4. The average Bonchev–Trinajstić information content (AvgIpc) is 3.68. The number of imide groups is 2. The summed E-state index contributed by atoms with van der Waals surface area (Å²) in [5.74, 6) is -0.256. The standard InChI is InChI=1S/C37H35N5O9/c43-34-6-5-31(35(44)40-34)42-36(45)29-4-3-28(21-30(29)37(42)46)51-18-16-49-14-12-47-11-13-48-15-17-50-27-2-1-25-20-33(39-22-26(25)19-27)41-10-8-24-7-9-38-23-32(24)41/h1-4,7-10,19-23,31H,5-6,11-18H2,(H,40,43,44). The third-order valence-corrected chi connectivity index (χ3v) is 8.57. The monoisotopic (exact) mass is 693 g/mol. The van der Waals surface area contributed by atoms with E-state index in [4.69, 9.17) is 23.7 Å². The molecule has 262 valence electrons. The Labute approximate surface area is 292 Å². The number of amides is 4. The minimum absolute atomic E-state index is 0.0629. The second-order valence-electron chi connectivity index (χ2n) is 11.9. The molecule has 0 spiro atoms. The molecule has 2 aromatic carbocycles. The summed E-state index contributed by atoms with van der Waals surface area (Å²) in [6.07, 6.45) is 7.61. The van der Waals surface area contributed by atoms with E-state index >= 15 is 0 Å². The number of piperidine rings is 1.